The van der Waals surface area contributed by atoms with Crippen molar-refractivity contribution < 1.29 is 24.0 Å². The Labute approximate surface area is 119 Å². The average molecular weight is 298 g/mol. The number of rotatable bonds is 5. The smallest absolute Gasteiger partial charge is 0.197 e. The Morgan fingerprint density at radius 1 is 1.35 bits per heavy atom. The van der Waals surface area contributed by atoms with Gasteiger partial charge < -0.3 is 24.0 Å². The van der Waals surface area contributed by atoms with Gasteiger partial charge in [-0.05, 0) is 5.56 Å². The molecule has 3 unspecified atom stereocenters. The molecule has 1 aliphatic rings. The summed E-state index contributed by atoms with van der Waals surface area (Å²) in [5.41, 5.74) is 1.04. The van der Waals surface area contributed by atoms with Crippen molar-refractivity contribution in [2.45, 2.75) is 24.7 Å². The maximum atomic E-state index is 10.0. The van der Waals surface area contributed by atoms with Gasteiger partial charge in [0.1, 0.15) is 11.9 Å². The van der Waals surface area contributed by atoms with Crippen LogP contribution in [0.3, 0.4) is 0 Å². The Bertz CT molecular complexity index is 450. The summed E-state index contributed by atoms with van der Waals surface area (Å²) in [6, 6.07) is 9.80. The third-order valence-corrected chi connectivity index (χ3v) is 4.15. The largest absolute Gasteiger partial charge is 0.509 e. The Morgan fingerprint density at radius 2 is 2.05 bits per heavy atom. The van der Waals surface area contributed by atoms with Gasteiger partial charge >= 0.3 is 0 Å². The van der Waals surface area contributed by atoms with Gasteiger partial charge in [0.05, 0.1) is 12.2 Å². The Balaban J connectivity index is 2.12. The highest BCUT2D eigenvalue weighted by Gasteiger charge is 2.38. The lowest BCUT2D eigenvalue weighted by Crippen LogP contribution is -2.25. The number of hydrogen-bond donors (Lipinski definition) is 2. The SMILES string of the molecule is CO[C@H]1CC(c2ccccc2)OC1/C(O)=C/P(O)OC. The summed E-state index contributed by atoms with van der Waals surface area (Å²) < 4.78 is 16.0. The fourth-order valence-electron chi connectivity index (χ4n) is 2.26. The second-order valence-electron chi connectivity index (χ2n) is 4.50. The van der Waals surface area contributed by atoms with Gasteiger partial charge in [0.2, 0.25) is 0 Å². The summed E-state index contributed by atoms with van der Waals surface area (Å²) in [5.74, 6) is 1.23. The topological polar surface area (TPSA) is 68.2 Å². The van der Waals surface area contributed by atoms with Crippen molar-refractivity contribution in [2.24, 2.45) is 0 Å². The second-order valence-corrected chi connectivity index (χ2v) is 5.73. The van der Waals surface area contributed by atoms with Crippen LogP contribution in [0.2, 0.25) is 0 Å². The van der Waals surface area contributed by atoms with E-state index in [1.165, 1.54) is 12.9 Å². The van der Waals surface area contributed by atoms with Crippen molar-refractivity contribution in [1.82, 2.24) is 0 Å². The molecule has 2 rings (SSSR count). The maximum Gasteiger partial charge on any atom is 0.197 e. The van der Waals surface area contributed by atoms with Crippen LogP contribution in [0, 0.1) is 0 Å². The summed E-state index contributed by atoms with van der Waals surface area (Å²) in [5, 5.41) is 10.0. The molecule has 4 atom stereocenters. The predicted octanol–water partition coefficient (Wildman–Crippen LogP) is 2.88. The van der Waals surface area contributed by atoms with Gasteiger partial charge in [-0.3, -0.25) is 0 Å². The van der Waals surface area contributed by atoms with Crippen molar-refractivity contribution in [2.75, 3.05) is 14.2 Å². The lowest BCUT2D eigenvalue weighted by atomic mass is 10.0. The Kier molecular flexibility index (Phi) is 5.52. The standard InChI is InChI=1S/C14H19O5P/c1-17-13-8-12(10-6-4-3-5-7-10)19-14(13)11(15)9-20(16)18-2/h3-7,9,12-16H,8H2,1-2H3/b11-9-/t12?,13-,14?,20?/m0/s1. The van der Waals surface area contributed by atoms with Crippen LogP contribution in [-0.4, -0.2) is 36.4 Å². The molecule has 1 fully saturated rings. The monoisotopic (exact) mass is 298 g/mol. The molecule has 0 radical (unpaired) electrons. The highest BCUT2D eigenvalue weighted by molar-refractivity contribution is 7.49. The van der Waals surface area contributed by atoms with Crippen molar-refractivity contribution in [1.29, 1.82) is 0 Å². The maximum absolute atomic E-state index is 10.0. The van der Waals surface area contributed by atoms with Gasteiger partial charge in [-0.15, -0.1) is 0 Å². The molecule has 0 bridgehead atoms. The van der Waals surface area contributed by atoms with Crippen LogP contribution in [0.1, 0.15) is 18.1 Å². The number of aliphatic hydroxyl groups excluding tert-OH is 1. The first-order valence-corrected chi connectivity index (χ1v) is 7.60. The number of aliphatic hydroxyl groups is 1. The molecule has 1 saturated heterocycles. The first kappa shape index (κ1) is 15.4. The first-order valence-electron chi connectivity index (χ1n) is 6.31. The molecule has 5 nitrogen and oxygen atoms in total. The molecule has 0 spiro atoms. The Morgan fingerprint density at radius 3 is 2.65 bits per heavy atom. The van der Waals surface area contributed by atoms with Gasteiger partial charge in [-0.25, -0.2) is 0 Å². The summed E-state index contributed by atoms with van der Waals surface area (Å²) in [6.45, 7) is 0. The fraction of sp³-hybridized carbons (Fsp3) is 0.429. The third kappa shape index (κ3) is 3.57. The summed E-state index contributed by atoms with van der Waals surface area (Å²) in [4.78, 5) is 9.44. The van der Waals surface area contributed by atoms with Crippen molar-refractivity contribution in [3.63, 3.8) is 0 Å². The molecule has 1 heterocycles. The van der Waals surface area contributed by atoms with Crippen LogP contribution in [0.4, 0.5) is 0 Å². The number of hydrogen-bond acceptors (Lipinski definition) is 5. The number of benzene rings is 1. The van der Waals surface area contributed by atoms with E-state index in [-0.39, 0.29) is 18.0 Å². The second kappa shape index (κ2) is 7.16. The molecular formula is C14H19O5P. The zero-order valence-corrected chi connectivity index (χ0v) is 12.4. The van der Waals surface area contributed by atoms with E-state index in [0.29, 0.717) is 6.42 Å². The Hall–Kier alpha value is -0.970. The average Bonchev–Trinajstić information content (AvgIpc) is 2.92. The van der Waals surface area contributed by atoms with Crippen LogP contribution in [0.5, 0.6) is 0 Å². The van der Waals surface area contributed by atoms with Gasteiger partial charge in [0.25, 0.3) is 0 Å². The summed E-state index contributed by atoms with van der Waals surface area (Å²) >= 11 is 0. The predicted molar refractivity (Wildman–Crippen MR) is 76.3 cm³/mol. The van der Waals surface area contributed by atoms with E-state index in [0.717, 1.165) is 5.56 Å². The molecule has 0 aromatic heterocycles. The quantitative estimate of drug-likeness (QED) is 0.646. The zero-order chi connectivity index (χ0) is 14.5. The minimum atomic E-state index is -1.77. The molecule has 1 aliphatic heterocycles. The minimum Gasteiger partial charge on any atom is -0.509 e. The van der Waals surface area contributed by atoms with E-state index >= 15 is 0 Å². The van der Waals surface area contributed by atoms with E-state index in [1.54, 1.807) is 7.11 Å². The molecular weight excluding hydrogens is 279 g/mol. The van der Waals surface area contributed by atoms with Crippen LogP contribution < -0.4 is 0 Å². The highest BCUT2D eigenvalue weighted by Crippen LogP contribution is 2.40. The van der Waals surface area contributed by atoms with Crippen LogP contribution >= 0.6 is 8.38 Å². The minimum absolute atomic E-state index is 0.0502. The first-order chi connectivity index (χ1) is 9.65. The molecule has 1 aromatic carbocycles. The molecule has 6 heteroatoms. The number of methoxy groups -OCH3 is 1. The van der Waals surface area contributed by atoms with E-state index in [9.17, 15) is 10.00 Å². The van der Waals surface area contributed by atoms with Gasteiger partial charge in [-0.1, -0.05) is 30.3 Å². The van der Waals surface area contributed by atoms with E-state index < -0.39 is 14.5 Å². The van der Waals surface area contributed by atoms with Gasteiger partial charge in [0.15, 0.2) is 8.38 Å². The molecule has 2 N–H and O–H groups in total. The van der Waals surface area contributed by atoms with Crippen molar-refractivity contribution >= 4 is 8.38 Å². The van der Waals surface area contributed by atoms with Crippen molar-refractivity contribution in [3.05, 3.63) is 47.5 Å². The van der Waals surface area contributed by atoms with Crippen LogP contribution in [0.15, 0.2) is 41.9 Å². The van der Waals surface area contributed by atoms with Crippen LogP contribution in [-0.2, 0) is 14.0 Å². The summed E-state index contributed by atoms with van der Waals surface area (Å²) in [6.07, 6.45) is -0.317. The number of ether oxygens (including phenoxy) is 2. The highest BCUT2D eigenvalue weighted by atomic mass is 31.2. The molecule has 20 heavy (non-hydrogen) atoms. The lowest BCUT2D eigenvalue weighted by Gasteiger charge is -2.17. The van der Waals surface area contributed by atoms with Crippen molar-refractivity contribution in [3.8, 4) is 0 Å². The molecule has 0 amide bonds. The van der Waals surface area contributed by atoms with Gasteiger partial charge in [-0.2, -0.15) is 0 Å². The van der Waals surface area contributed by atoms with Crippen LogP contribution in [0.25, 0.3) is 0 Å². The zero-order valence-electron chi connectivity index (χ0n) is 11.5. The van der Waals surface area contributed by atoms with E-state index in [1.807, 2.05) is 30.3 Å². The molecule has 110 valence electrons. The lowest BCUT2D eigenvalue weighted by molar-refractivity contribution is -0.00542. The van der Waals surface area contributed by atoms with E-state index in [2.05, 4.69) is 0 Å². The summed E-state index contributed by atoms with van der Waals surface area (Å²) in [7, 11) is 1.19. The fourth-order valence-corrected chi connectivity index (χ4v) is 2.74. The van der Waals surface area contributed by atoms with Gasteiger partial charge in [0, 0.05) is 26.5 Å². The van der Waals surface area contributed by atoms with E-state index in [4.69, 9.17) is 14.0 Å². The molecule has 0 aliphatic carbocycles. The molecule has 0 saturated carbocycles. The molecule has 1 aromatic rings. The normalized spacial score (nSPS) is 28.6. The third-order valence-electron chi connectivity index (χ3n) is 3.29.